The topological polar surface area (TPSA) is 47.6 Å². The van der Waals surface area contributed by atoms with Gasteiger partial charge in [0.1, 0.15) is 17.3 Å². The maximum atomic E-state index is 5.67. The van der Waals surface area contributed by atoms with E-state index in [0.29, 0.717) is 5.84 Å². The predicted octanol–water partition coefficient (Wildman–Crippen LogP) is 1.76. The van der Waals surface area contributed by atoms with Crippen LogP contribution >= 0.6 is 0 Å². The van der Waals surface area contributed by atoms with E-state index in [1.54, 1.807) is 0 Å². The minimum absolute atomic E-state index is 0.116. The first-order valence-electron chi connectivity index (χ1n) is 4.28. The van der Waals surface area contributed by atoms with E-state index in [1.165, 1.54) is 0 Å². The lowest BCUT2D eigenvalue weighted by Gasteiger charge is -2.20. The molecule has 0 spiro atoms. The summed E-state index contributed by atoms with van der Waals surface area (Å²) in [6.45, 7) is 3.91. The van der Waals surface area contributed by atoms with Crippen molar-refractivity contribution >= 4 is 11.5 Å². The van der Waals surface area contributed by atoms with Crippen molar-refractivity contribution in [2.75, 3.05) is 0 Å². The zero-order valence-corrected chi connectivity index (χ0v) is 7.74. The molecule has 3 heteroatoms. The molecule has 1 aliphatic rings. The Bertz CT molecular complexity index is 371. The Morgan fingerprint density at radius 1 is 1.46 bits per heavy atom. The van der Waals surface area contributed by atoms with Crippen molar-refractivity contribution in [1.29, 1.82) is 0 Å². The Hall–Kier alpha value is -1.51. The third-order valence-corrected chi connectivity index (χ3v) is 2.08. The summed E-state index contributed by atoms with van der Waals surface area (Å²) in [6, 6.07) is 5.90. The van der Waals surface area contributed by atoms with Gasteiger partial charge < -0.3 is 10.5 Å². The zero-order chi connectivity index (χ0) is 9.42. The van der Waals surface area contributed by atoms with Gasteiger partial charge in [-0.1, -0.05) is 6.07 Å². The molecule has 0 radical (unpaired) electrons. The van der Waals surface area contributed by atoms with Gasteiger partial charge in [-0.3, -0.25) is 0 Å². The minimum Gasteiger partial charge on any atom is -0.481 e. The Morgan fingerprint density at radius 3 is 3.00 bits per heavy atom. The number of nitrogens with zero attached hydrogens (tertiary/aromatic N) is 1. The molecule has 13 heavy (non-hydrogen) atoms. The lowest BCUT2D eigenvalue weighted by atomic mass is 10.2. The van der Waals surface area contributed by atoms with Crippen LogP contribution in [0.3, 0.4) is 0 Å². The summed E-state index contributed by atoms with van der Waals surface area (Å²) in [5.74, 6) is 1.35. The van der Waals surface area contributed by atoms with Gasteiger partial charge in [-0.05, 0) is 31.5 Å². The number of fused-ring (bicyclic) bond motifs is 1. The Labute approximate surface area is 77.2 Å². The number of benzene rings is 1. The van der Waals surface area contributed by atoms with Crippen molar-refractivity contribution in [3.63, 3.8) is 0 Å². The molecule has 2 rings (SSSR count). The first-order valence-corrected chi connectivity index (χ1v) is 4.28. The van der Waals surface area contributed by atoms with Crippen LogP contribution < -0.4 is 10.5 Å². The maximum Gasteiger partial charge on any atom is 0.153 e. The van der Waals surface area contributed by atoms with Crippen molar-refractivity contribution in [1.82, 2.24) is 0 Å². The van der Waals surface area contributed by atoms with Gasteiger partial charge in [0.05, 0.1) is 0 Å². The predicted molar refractivity (Wildman–Crippen MR) is 52.6 cm³/mol. The van der Waals surface area contributed by atoms with Gasteiger partial charge in [-0.2, -0.15) is 0 Å². The van der Waals surface area contributed by atoms with Gasteiger partial charge >= 0.3 is 0 Å². The quantitative estimate of drug-likeness (QED) is 0.654. The highest BCUT2D eigenvalue weighted by Gasteiger charge is 2.17. The number of aliphatic imine (C=N–C) groups is 1. The monoisotopic (exact) mass is 176 g/mol. The number of amidine groups is 1. The summed E-state index contributed by atoms with van der Waals surface area (Å²) in [6.07, 6.45) is -0.116. The average Bonchev–Trinajstić information content (AvgIpc) is 2.08. The van der Waals surface area contributed by atoms with Gasteiger partial charge in [0.15, 0.2) is 6.10 Å². The van der Waals surface area contributed by atoms with E-state index in [4.69, 9.17) is 10.5 Å². The van der Waals surface area contributed by atoms with E-state index in [0.717, 1.165) is 17.0 Å². The van der Waals surface area contributed by atoms with Crippen LogP contribution in [-0.2, 0) is 0 Å². The van der Waals surface area contributed by atoms with Gasteiger partial charge in [0.25, 0.3) is 0 Å². The van der Waals surface area contributed by atoms with Crippen molar-refractivity contribution in [3.05, 3.63) is 23.8 Å². The van der Waals surface area contributed by atoms with Gasteiger partial charge in [0, 0.05) is 0 Å². The van der Waals surface area contributed by atoms with Crippen LogP contribution in [0.15, 0.2) is 23.2 Å². The molecule has 0 saturated carbocycles. The van der Waals surface area contributed by atoms with Crippen LogP contribution in [0.25, 0.3) is 0 Å². The van der Waals surface area contributed by atoms with Crippen LogP contribution in [0, 0.1) is 6.92 Å². The van der Waals surface area contributed by atoms with Crippen LogP contribution in [-0.4, -0.2) is 11.9 Å². The molecule has 68 valence electrons. The highest BCUT2D eigenvalue weighted by atomic mass is 16.5. The highest BCUT2D eigenvalue weighted by Crippen LogP contribution is 2.32. The van der Waals surface area contributed by atoms with Crippen LogP contribution in [0.4, 0.5) is 5.69 Å². The van der Waals surface area contributed by atoms with Gasteiger partial charge in [-0.25, -0.2) is 4.99 Å². The lowest BCUT2D eigenvalue weighted by Crippen LogP contribution is -2.33. The molecule has 0 amide bonds. The fourth-order valence-electron chi connectivity index (χ4n) is 1.30. The molecule has 1 aromatic carbocycles. The van der Waals surface area contributed by atoms with Crippen LogP contribution in [0.2, 0.25) is 0 Å². The fraction of sp³-hybridized carbons (Fsp3) is 0.300. The molecule has 0 saturated heterocycles. The minimum atomic E-state index is -0.116. The first kappa shape index (κ1) is 8.10. The second-order valence-corrected chi connectivity index (χ2v) is 3.27. The van der Waals surface area contributed by atoms with Crippen LogP contribution in [0.5, 0.6) is 5.75 Å². The SMILES string of the molecule is Cc1ccc2c(c1)N=C(N)C(C)O2. The molecule has 0 aliphatic carbocycles. The van der Waals surface area contributed by atoms with Crippen LogP contribution in [0.1, 0.15) is 12.5 Å². The maximum absolute atomic E-state index is 5.67. The molecule has 0 bridgehead atoms. The molecular formula is C10H12N2O. The molecule has 2 N–H and O–H groups in total. The number of aryl methyl sites for hydroxylation is 1. The molecule has 0 aromatic heterocycles. The van der Waals surface area contributed by atoms with E-state index in [-0.39, 0.29) is 6.10 Å². The van der Waals surface area contributed by atoms with Gasteiger partial charge in [-0.15, -0.1) is 0 Å². The Balaban J connectivity index is 2.51. The van der Waals surface area contributed by atoms with Crippen molar-refractivity contribution in [3.8, 4) is 5.75 Å². The Kier molecular flexibility index (Phi) is 1.72. The largest absolute Gasteiger partial charge is 0.481 e. The summed E-state index contributed by atoms with van der Waals surface area (Å²) in [4.78, 5) is 4.26. The summed E-state index contributed by atoms with van der Waals surface area (Å²) < 4.78 is 5.54. The third kappa shape index (κ3) is 1.37. The molecule has 1 aliphatic heterocycles. The van der Waals surface area contributed by atoms with Gasteiger partial charge in [0.2, 0.25) is 0 Å². The summed E-state index contributed by atoms with van der Waals surface area (Å²) >= 11 is 0. The summed E-state index contributed by atoms with van der Waals surface area (Å²) in [5.41, 5.74) is 7.66. The number of hydrogen-bond acceptors (Lipinski definition) is 3. The molecule has 0 fully saturated rings. The second kappa shape index (κ2) is 2.76. The summed E-state index contributed by atoms with van der Waals surface area (Å²) in [5, 5.41) is 0. The standard InChI is InChI=1S/C10H12N2O/c1-6-3-4-9-8(5-6)12-10(11)7(2)13-9/h3-5,7H,1-2H3,(H2,11,12). The fourth-order valence-corrected chi connectivity index (χ4v) is 1.30. The molecular weight excluding hydrogens is 164 g/mol. The van der Waals surface area contributed by atoms with E-state index < -0.39 is 0 Å². The normalized spacial score (nSPS) is 20.2. The summed E-state index contributed by atoms with van der Waals surface area (Å²) in [7, 11) is 0. The van der Waals surface area contributed by atoms with E-state index in [1.807, 2.05) is 32.0 Å². The molecule has 1 aromatic rings. The zero-order valence-electron chi connectivity index (χ0n) is 7.74. The van der Waals surface area contributed by atoms with Crippen molar-refractivity contribution in [2.45, 2.75) is 20.0 Å². The van der Waals surface area contributed by atoms with Crippen molar-refractivity contribution in [2.24, 2.45) is 10.7 Å². The third-order valence-electron chi connectivity index (χ3n) is 2.08. The number of hydrogen-bond donors (Lipinski definition) is 1. The van der Waals surface area contributed by atoms with E-state index in [2.05, 4.69) is 4.99 Å². The molecule has 3 nitrogen and oxygen atoms in total. The molecule has 1 unspecified atom stereocenters. The van der Waals surface area contributed by atoms with E-state index >= 15 is 0 Å². The average molecular weight is 176 g/mol. The van der Waals surface area contributed by atoms with E-state index in [9.17, 15) is 0 Å². The Morgan fingerprint density at radius 2 is 2.23 bits per heavy atom. The first-order chi connectivity index (χ1) is 6.16. The molecule has 1 atom stereocenters. The van der Waals surface area contributed by atoms with Crippen molar-refractivity contribution < 1.29 is 4.74 Å². The number of nitrogens with two attached hydrogens (primary N) is 1. The lowest BCUT2D eigenvalue weighted by molar-refractivity contribution is 0.281. The number of ether oxygens (including phenoxy) is 1. The smallest absolute Gasteiger partial charge is 0.153 e. The molecule has 1 heterocycles. The number of rotatable bonds is 0. The second-order valence-electron chi connectivity index (χ2n) is 3.27. The highest BCUT2D eigenvalue weighted by molar-refractivity contribution is 5.89.